The van der Waals surface area contributed by atoms with E-state index in [9.17, 15) is 19.4 Å². The number of aliphatic hydroxyl groups is 3. The van der Waals surface area contributed by atoms with Crippen LogP contribution in [-0.2, 0) is 4.74 Å². The zero-order chi connectivity index (χ0) is 14.2. The van der Waals surface area contributed by atoms with Gasteiger partial charge in [0.15, 0.2) is 16.6 Å². The molecule has 4 atom stereocenters. The van der Waals surface area contributed by atoms with Crippen LogP contribution in [0.25, 0.3) is 0 Å². The van der Waals surface area contributed by atoms with Gasteiger partial charge >= 0.3 is 0 Å². The first kappa shape index (κ1) is 14.3. The van der Waals surface area contributed by atoms with Crippen molar-refractivity contribution < 1.29 is 24.4 Å². The number of halogens is 1. The van der Waals surface area contributed by atoms with Crippen molar-refractivity contribution in [2.45, 2.75) is 24.0 Å². The molecule has 106 valence electrons. The number of H-pyrrole nitrogens is 1. The zero-order valence-corrected chi connectivity index (χ0v) is 10.5. The third-order valence-corrected chi connectivity index (χ3v) is 3.44. The topological polar surface area (TPSA) is 108 Å². The van der Waals surface area contributed by atoms with Gasteiger partial charge in [0.25, 0.3) is 5.56 Å². The fraction of sp³-hybridized carbons (Fsp3) is 0.600. The molecule has 1 aromatic heterocycles. The van der Waals surface area contributed by atoms with Crippen LogP contribution in [0.3, 0.4) is 0 Å². The maximum Gasteiger partial charge on any atom is 0.251 e. The number of hydrogen-bond donors (Lipinski definition) is 4. The van der Waals surface area contributed by atoms with E-state index in [0.717, 1.165) is 6.07 Å². The highest BCUT2D eigenvalue weighted by Crippen LogP contribution is 2.37. The molecule has 0 saturated carbocycles. The number of aliphatic hydroxyl groups excluding tert-OH is 3. The zero-order valence-electron chi connectivity index (χ0n) is 9.69. The van der Waals surface area contributed by atoms with Crippen molar-refractivity contribution in [2.24, 2.45) is 0 Å². The van der Waals surface area contributed by atoms with Crippen LogP contribution in [0.2, 0.25) is 0 Å². The summed E-state index contributed by atoms with van der Waals surface area (Å²) in [6, 6.07) is 1.15. The Labute approximate surface area is 111 Å². The lowest BCUT2D eigenvalue weighted by Gasteiger charge is -2.26. The summed E-state index contributed by atoms with van der Waals surface area (Å²) in [5, 5.41) is 28.8. The van der Waals surface area contributed by atoms with Gasteiger partial charge in [-0.15, -0.1) is 0 Å². The van der Waals surface area contributed by atoms with Gasteiger partial charge in [-0.25, -0.2) is 4.39 Å². The van der Waals surface area contributed by atoms with Crippen LogP contribution in [-0.4, -0.2) is 56.0 Å². The molecule has 7 nitrogen and oxygen atoms in total. The van der Waals surface area contributed by atoms with Crippen LogP contribution in [0.4, 0.5) is 4.39 Å². The molecular weight excluding hydrogens is 279 g/mol. The van der Waals surface area contributed by atoms with Gasteiger partial charge in [-0.1, -0.05) is 0 Å². The highest BCUT2D eigenvalue weighted by Gasteiger charge is 2.55. The molecule has 1 aromatic rings. The van der Waals surface area contributed by atoms with Crippen molar-refractivity contribution in [1.82, 2.24) is 9.55 Å². The molecule has 1 saturated heterocycles. The second kappa shape index (κ2) is 5.10. The predicted octanol–water partition coefficient (Wildman–Crippen LogP) is -1.14. The van der Waals surface area contributed by atoms with E-state index in [4.69, 9.17) is 22.1 Å². The molecule has 1 aliphatic rings. The first-order chi connectivity index (χ1) is 8.95. The molecule has 19 heavy (non-hydrogen) atoms. The SMILES string of the molecule is O=c1ccn([C@@H]2O[C@@](CO)(CF)C(O)[C@@H]2O)c(=S)[nH]1. The van der Waals surface area contributed by atoms with Crippen molar-refractivity contribution in [1.29, 1.82) is 0 Å². The number of rotatable bonds is 3. The van der Waals surface area contributed by atoms with E-state index >= 15 is 0 Å². The van der Waals surface area contributed by atoms with Crippen molar-refractivity contribution in [3.8, 4) is 0 Å². The molecule has 1 fully saturated rings. The normalized spacial score (nSPS) is 34.6. The molecule has 0 spiro atoms. The van der Waals surface area contributed by atoms with E-state index in [0.29, 0.717) is 0 Å². The summed E-state index contributed by atoms with van der Waals surface area (Å²) >= 11 is 4.89. The summed E-state index contributed by atoms with van der Waals surface area (Å²) in [6.07, 6.45) is -3.03. The number of hydrogen-bond acceptors (Lipinski definition) is 6. The van der Waals surface area contributed by atoms with E-state index in [2.05, 4.69) is 4.98 Å². The van der Waals surface area contributed by atoms with Gasteiger partial charge in [0.2, 0.25) is 0 Å². The quantitative estimate of drug-likeness (QED) is 0.524. The first-order valence-electron chi connectivity index (χ1n) is 5.47. The summed E-state index contributed by atoms with van der Waals surface area (Å²) in [5.74, 6) is 0. The number of nitrogens with one attached hydrogen (secondary N) is 1. The Bertz CT molecular complexity index is 570. The number of aromatic nitrogens is 2. The Morgan fingerprint density at radius 3 is 2.74 bits per heavy atom. The second-order valence-electron chi connectivity index (χ2n) is 4.32. The second-order valence-corrected chi connectivity index (χ2v) is 4.70. The van der Waals surface area contributed by atoms with Crippen molar-refractivity contribution in [2.75, 3.05) is 13.3 Å². The van der Waals surface area contributed by atoms with Crippen LogP contribution in [0.15, 0.2) is 17.1 Å². The van der Waals surface area contributed by atoms with Gasteiger partial charge in [0, 0.05) is 12.3 Å². The minimum absolute atomic E-state index is 0.0450. The maximum atomic E-state index is 13.0. The number of nitrogens with zero attached hydrogens (tertiary/aromatic N) is 1. The fourth-order valence-electron chi connectivity index (χ4n) is 1.98. The average Bonchev–Trinajstić information content (AvgIpc) is 2.64. The summed E-state index contributed by atoms with van der Waals surface area (Å²) in [5.41, 5.74) is -2.33. The van der Waals surface area contributed by atoms with E-state index in [1.165, 1.54) is 10.8 Å². The number of aromatic amines is 1. The van der Waals surface area contributed by atoms with Crippen molar-refractivity contribution in [3.63, 3.8) is 0 Å². The minimum atomic E-state index is -1.89. The third-order valence-electron chi connectivity index (χ3n) is 3.13. The summed E-state index contributed by atoms with van der Waals surface area (Å²) in [4.78, 5) is 13.4. The Balaban J connectivity index is 2.42. The third kappa shape index (κ3) is 2.23. The minimum Gasteiger partial charge on any atom is -0.393 e. The Morgan fingerprint density at radius 2 is 2.26 bits per heavy atom. The average molecular weight is 292 g/mol. The molecule has 1 aliphatic heterocycles. The lowest BCUT2D eigenvalue weighted by Crippen LogP contribution is -2.48. The number of alkyl halides is 1. The Morgan fingerprint density at radius 1 is 1.58 bits per heavy atom. The van der Waals surface area contributed by atoms with Crippen LogP contribution in [0, 0.1) is 4.77 Å². The van der Waals surface area contributed by atoms with E-state index in [1.807, 2.05) is 0 Å². The van der Waals surface area contributed by atoms with Crippen LogP contribution in [0.5, 0.6) is 0 Å². The molecule has 0 aromatic carbocycles. The largest absolute Gasteiger partial charge is 0.393 e. The van der Waals surface area contributed by atoms with Gasteiger partial charge in [0.1, 0.15) is 18.9 Å². The summed E-state index contributed by atoms with van der Waals surface area (Å²) in [6.45, 7) is -1.97. The highest BCUT2D eigenvalue weighted by atomic mass is 32.1. The van der Waals surface area contributed by atoms with E-state index < -0.39 is 42.9 Å². The molecule has 2 rings (SSSR count). The van der Waals surface area contributed by atoms with Gasteiger partial charge in [-0.2, -0.15) is 0 Å². The molecule has 1 unspecified atom stereocenters. The van der Waals surface area contributed by atoms with E-state index in [-0.39, 0.29) is 4.77 Å². The molecule has 4 N–H and O–H groups in total. The van der Waals surface area contributed by atoms with Crippen LogP contribution < -0.4 is 5.56 Å². The van der Waals surface area contributed by atoms with Gasteiger partial charge in [-0.3, -0.25) is 14.3 Å². The predicted molar refractivity (Wildman–Crippen MR) is 63.8 cm³/mol. The lowest BCUT2D eigenvalue weighted by atomic mass is 9.98. The standard InChI is InChI=1S/C10H13FN2O5S/c11-3-10(4-14)7(17)6(16)8(18-10)13-2-1-5(15)12-9(13)19/h1-2,6-8,14,16-17H,3-4H2,(H,12,15,19)/t6-,7?,8+,10+/m0/s1. The summed E-state index contributed by atoms with van der Waals surface area (Å²) < 4.78 is 19.3. The molecular formula is C10H13FN2O5S. The van der Waals surface area contributed by atoms with Gasteiger partial charge in [0.05, 0.1) is 6.61 Å². The maximum absolute atomic E-state index is 13.0. The van der Waals surface area contributed by atoms with Crippen LogP contribution in [0.1, 0.15) is 6.23 Å². The first-order valence-corrected chi connectivity index (χ1v) is 5.88. The Hall–Kier alpha value is -1.13. The smallest absolute Gasteiger partial charge is 0.251 e. The van der Waals surface area contributed by atoms with Crippen LogP contribution >= 0.6 is 12.2 Å². The fourth-order valence-corrected chi connectivity index (χ4v) is 2.25. The molecule has 0 bridgehead atoms. The van der Waals surface area contributed by atoms with Gasteiger partial charge < -0.3 is 20.1 Å². The molecule has 2 heterocycles. The molecule has 9 heteroatoms. The summed E-state index contributed by atoms with van der Waals surface area (Å²) in [7, 11) is 0. The highest BCUT2D eigenvalue weighted by molar-refractivity contribution is 7.71. The van der Waals surface area contributed by atoms with E-state index in [1.54, 1.807) is 0 Å². The lowest BCUT2D eigenvalue weighted by molar-refractivity contribution is -0.138. The van der Waals surface area contributed by atoms with Crippen molar-refractivity contribution >= 4 is 12.2 Å². The monoisotopic (exact) mass is 292 g/mol. The molecule has 0 amide bonds. The van der Waals surface area contributed by atoms with Gasteiger partial charge in [-0.05, 0) is 12.2 Å². The molecule has 0 aliphatic carbocycles. The number of ether oxygens (including phenoxy) is 1. The molecule has 0 radical (unpaired) electrons. The van der Waals surface area contributed by atoms with Crippen molar-refractivity contribution in [3.05, 3.63) is 27.4 Å². The Kier molecular flexibility index (Phi) is 3.83.